The molecule has 7 nitrogen and oxygen atoms in total. The van der Waals surface area contributed by atoms with Crippen LogP contribution in [0, 0.1) is 12.8 Å². The van der Waals surface area contributed by atoms with Crippen molar-refractivity contribution in [3.63, 3.8) is 0 Å². The van der Waals surface area contributed by atoms with Crippen LogP contribution in [0.5, 0.6) is 5.75 Å². The Hall–Kier alpha value is -2.48. The number of benzene rings is 1. The Bertz CT molecular complexity index is 907. The molecule has 1 aromatic carbocycles. The van der Waals surface area contributed by atoms with Crippen LogP contribution in [0.3, 0.4) is 0 Å². The van der Waals surface area contributed by atoms with Crippen LogP contribution in [-0.4, -0.2) is 35.7 Å². The predicted molar refractivity (Wildman–Crippen MR) is 113 cm³/mol. The van der Waals surface area contributed by atoms with Crippen molar-refractivity contribution in [2.24, 2.45) is 5.92 Å². The highest BCUT2D eigenvalue weighted by Gasteiger charge is 2.36. The highest BCUT2D eigenvalue weighted by atomic mass is 32.1. The molecule has 4 rings (SSSR count). The Labute approximate surface area is 174 Å². The second kappa shape index (κ2) is 8.49. The van der Waals surface area contributed by atoms with Gasteiger partial charge in [0.1, 0.15) is 10.8 Å². The smallest absolute Gasteiger partial charge is 0.231 e. The van der Waals surface area contributed by atoms with E-state index in [2.05, 4.69) is 15.5 Å². The van der Waals surface area contributed by atoms with Gasteiger partial charge in [0.25, 0.3) is 0 Å². The number of ether oxygens (including phenoxy) is 1. The number of methoxy groups -OCH3 is 1. The number of amides is 2. The molecule has 2 amide bonds. The number of hydrogen-bond acceptors (Lipinski definition) is 6. The fraction of sp³-hybridized carbons (Fsp3) is 0.524. The summed E-state index contributed by atoms with van der Waals surface area (Å²) in [5, 5.41) is 12.8. The van der Waals surface area contributed by atoms with Gasteiger partial charge < -0.3 is 15.0 Å². The summed E-state index contributed by atoms with van der Waals surface area (Å²) >= 11 is 1.46. The van der Waals surface area contributed by atoms with Crippen molar-refractivity contribution in [3.05, 3.63) is 28.8 Å². The number of nitrogens with one attached hydrogen (secondary N) is 1. The fourth-order valence-corrected chi connectivity index (χ4v) is 5.05. The molecule has 1 aromatic heterocycles. The van der Waals surface area contributed by atoms with Crippen LogP contribution in [0.1, 0.15) is 55.0 Å². The van der Waals surface area contributed by atoms with Crippen molar-refractivity contribution >= 4 is 34.0 Å². The van der Waals surface area contributed by atoms with Crippen LogP contribution in [-0.2, 0) is 9.59 Å². The lowest BCUT2D eigenvalue weighted by Crippen LogP contribution is -2.28. The van der Waals surface area contributed by atoms with E-state index in [4.69, 9.17) is 4.74 Å². The molecule has 1 N–H and O–H groups in total. The van der Waals surface area contributed by atoms with Crippen molar-refractivity contribution in [3.8, 4) is 5.75 Å². The molecule has 154 valence electrons. The number of aromatic nitrogens is 2. The Morgan fingerprint density at radius 1 is 1.24 bits per heavy atom. The summed E-state index contributed by atoms with van der Waals surface area (Å²) in [4.78, 5) is 27.0. The fourth-order valence-electron chi connectivity index (χ4n) is 4.13. The average Bonchev–Trinajstić information content (AvgIpc) is 3.35. The normalized spacial score (nSPS) is 20.1. The van der Waals surface area contributed by atoms with Crippen LogP contribution >= 0.6 is 11.3 Å². The SMILES string of the molecule is COc1ccc(C)cc1N1C[C@@H](C(=O)Nc2nnc(C3CCCCC3)s2)CC1=O. The van der Waals surface area contributed by atoms with Crippen LogP contribution in [0.2, 0.25) is 0 Å². The molecule has 1 saturated heterocycles. The topological polar surface area (TPSA) is 84.4 Å². The molecular weight excluding hydrogens is 388 g/mol. The number of anilines is 2. The number of carbonyl (C=O) groups is 2. The quantitative estimate of drug-likeness (QED) is 0.802. The van der Waals surface area contributed by atoms with E-state index in [9.17, 15) is 9.59 Å². The highest BCUT2D eigenvalue weighted by molar-refractivity contribution is 7.15. The number of hydrogen-bond donors (Lipinski definition) is 1. The van der Waals surface area contributed by atoms with Gasteiger partial charge in [0, 0.05) is 18.9 Å². The first-order valence-corrected chi connectivity index (χ1v) is 11.0. The van der Waals surface area contributed by atoms with Crippen molar-refractivity contribution in [2.75, 3.05) is 23.9 Å². The molecule has 0 spiro atoms. The van der Waals surface area contributed by atoms with E-state index in [1.807, 2.05) is 25.1 Å². The molecule has 2 fully saturated rings. The maximum atomic E-state index is 12.8. The van der Waals surface area contributed by atoms with E-state index in [0.717, 1.165) is 23.4 Å². The summed E-state index contributed by atoms with van der Waals surface area (Å²) in [5.74, 6) is 0.415. The van der Waals surface area contributed by atoms with E-state index in [1.165, 1.54) is 30.6 Å². The molecule has 2 heterocycles. The third-order valence-corrected chi connectivity index (χ3v) is 6.75. The van der Waals surface area contributed by atoms with Gasteiger partial charge in [-0.05, 0) is 37.5 Å². The lowest BCUT2D eigenvalue weighted by Gasteiger charge is -2.20. The molecule has 0 radical (unpaired) electrons. The van der Waals surface area contributed by atoms with Gasteiger partial charge >= 0.3 is 0 Å². The van der Waals surface area contributed by atoms with Crippen molar-refractivity contribution in [2.45, 2.75) is 51.4 Å². The number of nitrogens with zero attached hydrogens (tertiary/aromatic N) is 3. The summed E-state index contributed by atoms with van der Waals surface area (Å²) in [6, 6.07) is 5.70. The summed E-state index contributed by atoms with van der Waals surface area (Å²) in [7, 11) is 1.58. The minimum absolute atomic E-state index is 0.0748. The van der Waals surface area contributed by atoms with E-state index < -0.39 is 5.92 Å². The Kier molecular flexibility index (Phi) is 5.80. The molecule has 2 aromatic rings. The lowest BCUT2D eigenvalue weighted by atomic mass is 9.90. The van der Waals surface area contributed by atoms with Crippen molar-refractivity contribution in [1.29, 1.82) is 0 Å². The first-order chi connectivity index (χ1) is 14.0. The van der Waals surface area contributed by atoms with Crippen LogP contribution in [0.4, 0.5) is 10.8 Å². The first kappa shape index (κ1) is 19.8. The van der Waals surface area contributed by atoms with Crippen molar-refractivity contribution < 1.29 is 14.3 Å². The van der Waals surface area contributed by atoms with Gasteiger partial charge in [0.15, 0.2) is 0 Å². The molecule has 1 aliphatic heterocycles. The highest BCUT2D eigenvalue weighted by Crippen LogP contribution is 2.36. The number of aryl methyl sites for hydroxylation is 1. The van der Waals surface area contributed by atoms with E-state index in [1.54, 1.807) is 12.0 Å². The molecule has 0 unspecified atom stereocenters. The standard InChI is InChI=1S/C21H26N4O3S/c1-13-8-9-17(28-2)16(10-13)25-12-15(11-18(25)26)19(27)22-21-24-23-20(29-21)14-6-4-3-5-7-14/h8-10,14-15H,3-7,11-12H2,1-2H3,(H,22,24,27)/t15-/m0/s1. The number of rotatable bonds is 5. The Morgan fingerprint density at radius 2 is 2.03 bits per heavy atom. The minimum Gasteiger partial charge on any atom is -0.495 e. The third-order valence-electron chi connectivity index (χ3n) is 5.75. The van der Waals surface area contributed by atoms with E-state index in [0.29, 0.717) is 29.0 Å². The van der Waals surface area contributed by atoms with Crippen LogP contribution in [0.25, 0.3) is 0 Å². The monoisotopic (exact) mass is 414 g/mol. The van der Waals surface area contributed by atoms with Crippen LogP contribution in [0.15, 0.2) is 18.2 Å². The molecule has 1 atom stereocenters. The van der Waals surface area contributed by atoms with E-state index >= 15 is 0 Å². The number of carbonyl (C=O) groups excluding carboxylic acids is 2. The maximum absolute atomic E-state index is 12.8. The second-order valence-corrected chi connectivity index (χ2v) is 8.86. The summed E-state index contributed by atoms with van der Waals surface area (Å²) in [5.41, 5.74) is 1.74. The molecule has 8 heteroatoms. The van der Waals surface area contributed by atoms with Gasteiger partial charge in [-0.25, -0.2) is 0 Å². The predicted octanol–water partition coefficient (Wildman–Crippen LogP) is 3.89. The van der Waals surface area contributed by atoms with Gasteiger partial charge in [-0.1, -0.05) is 36.7 Å². The molecule has 1 aliphatic carbocycles. The summed E-state index contributed by atoms with van der Waals surface area (Å²) in [6.45, 7) is 2.30. The Morgan fingerprint density at radius 3 is 2.79 bits per heavy atom. The third kappa shape index (κ3) is 4.27. The molecular formula is C21H26N4O3S. The summed E-state index contributed by atoms with van der Waals surface area (Å²) in [6.07, 6.45) is 6.22. The molecule has 1 saturated carbocycles. The van der Waals surface area contributed by atoms with Gasteiger partial charge in [-0.3, -0.25) is 9.59 Å². The zero-order valence-corrected chi connectivity index (χ0v) is 17.6. The lowest BCUT2D eigenvalue weighted by molar-refractivity contribution is -0.122. The molecule has 0 bridgehead atoms. The zero-order chi connectivity index (χ0) is 20.4. The van der Waals surface area contributed by atoms with Crippen LogP contribution < -0.4 is 15.0 Å². The van der Waals surface area contributed by atoms with E-state index in [-0.39, 0.29) is 18.2 Å². The zero-order valence-electron chi connectivity index (χ0n) is 16.8. The largest absolute Gasteiger partial charge is 0.495 e. The average molecular weight is 415 g/mol. The molecule has 2 aliphatic rings. The van der Waals surface area contributed by atoms with Crippen molar-refractivity contribution in [1.82, 2.24) is 10.2 Å². The minimum atomic E-state index is -0.422. The second-order valence-electron chi connectivity index (χ2n) is 7.85. The van der Waals surface area contributed by atoms with Gasteiger partial charge in [0.05, 0.1) is 18.7 Å². The van der Waals surface area contributed by atoms with Gasteiger partial charge in [-0.2, -0.15) is 0 Å². The van der Waals surface area contributed by atoms with Gasteiger partial charge in [0.2, 0.25) is 16.9 Å². The maximum Gasteiger partial charge on any atom is 0.231 e. The first-order valence-electron chi connectivity index (χ1n) is 10.1. The molecule has 29 heavy (non-hydrogen) atoms. The Balaban J connectivity index is 1.42. The summed E-state index contributed by atoms with van der Waals surface area (Å²) < 4.78 is 5.40. The van der Waals surface area contributed by atoms with Gasteiger partial charge in [-0.15, -0.1) is 10.2 Å².